The summed E-state index contributed by atoms with van der Waals surface area (Å²) < 4.78 is 0. The third kappa shape index (κ3) is 3.96. The van der Waals surface area contributed by atoms with Crippen molar-refractivity contribution in [2.75, 3.05) is 18.0 Å². The molecule has 0 radical (unpaired) electrons. The van der Waals surface area contributed by atoms with Crippen molar-refractivity contribution in [3.8, 4) is 0 Å². The predicted molar refractivity (Wildman–Crippen MR) is 125 cm³/mol. The second-order valence-corrected chi connectivity index (χ2v) is 7.90. The van der Waals surface area contributed by atoms with E-state index in [-0.39, 0.29) is 24.3 Å². The summed E-state index contributed by atoms with van der Waals surface area (Å²) in [6.07, 6.45) is 0.480. The fourth-order valence-corrected chi connectivity index (χ4v) is 4.35. The number of nitrogens with one attached hydrogen (secondary N) is 1. The highest BCUT2D eigenvalue weighted by molar-refractivity contribution is 6.26. The highest BCUT2D eigenvalue weighted by Crippen LogP contribution is 2.37. The van der Waals surface area contributed by atoms with E-state index in [4.69, 9.17) is 0 Å². The van der Waals surface area contributed by atoms with E-state index in [1.807, 2.05) is 74.5 Å². The van der Waals surface area contributed by atoms with Crippen LogP contribution in [0.4, 0.5) is 5.69 Å². The van der Waals surface area contributed by atoms with Gasteiger partial charge in [0, 0.05) is 24.0 Å². The second-order valence-electron chi connectivity index (χ2n) is 7.90. The van der Waals surface area contributed by atoms with Gasteiger partial charge in [0.15, 0.2) is 0 Å². The molecule has 0 spiro atoms. The summed E-state index contributed by atoms with van der Waals surface area (Å²) >= 11 is 0. The Bertz CT molecular complexity index is 1150. The SMILES string of the molecule is CCNC(=O)[C@H](CC)N(Cc1ccccc1)C(=O)CN1C(=O)c2cccc3cccc1c23. The number of benzene rings is 3. The summed E-state index contributed by atoms with van der Waals surface area (Å²) in [4.78, 5) is 42.6. The Morgan fingerprint density at radius 2 is 1.69 bits per heavy atom. The van der Waals surface area contributed by atoms with Gasteiger partial charge in [0.05, 0.1) is 5.69 Å². The maximum atomic E-state index is 13.6. The molecular weight excluding hydrogens is 402 g/mol. The molecule has 4 rings (SSSR count). The molecule has 0 saturated heterocycles. The topological polar surface area (TPSA) is 69.7 Å². The molecule has 1 N–H and O–H groups in total. The molecule has 32 heavy (non-hydrogen) atoms. The number of carbonyl (C=O) groups excluding carboxylic acids is 3. The molecule has 3 aromatic rings. The number of anilines is 1. The van der Waals surface area contributed by atoms with E-state index in [2.05, 4.69) is 5.32 Å². The van der Waals surface area contributed by atoms with Crippen molar-refractivity contribution in [1.29, 1.82) is 0 Å². The van der Waals surface area contributed by atoms with Gasteiger partial charge in [-0.3, -0.25) is 19.3 Å². The van der Waals surface area contributed by atoms with Crippen molar-refractivity contribution in [3.05, 3.63) is 77.9 Å². The van der Waals surface area contributed by atoms with E-state index in [0.29, 0.717) is 25.1 Å². The minimum absolute atomic E-state index is 0.116. The molecule has 1 aliphatic heterocycles. The Morgan fingerprint density at radius 3 is 2.38 bits per heavy atom. The fourth-order valence-electron chi connectivity index (χ4n) is 4.35. The molecule has 3 amide bonds. The van der Waals surface area contributed by atoms with Crippen molar-refractivity contribution >= 4 is 34.2 Å². The van der Waals surface area contributed by atoms with Crippen molar-refractivity contribution in [2.45, 2.75) is 32.9 Å². The molecule has 6 heteroatoms. The lowest BCUT2D eigenvalue weighted by Crippen LogP contribution is -2.52. The van der Waals surface area contributed by atoms with E-state index in [0.717, 1.165) is 22.0 Å². The summed E-state index contributed by atoms with van der Waals surface area (Å²) in [5, 5.41) is 4.68. The van der Waals surface area contributed by atoms with Gasteiger partial charge in [-0.15, -0.1) is 0 Å². The van der Waals surface area contributed by atoms with Gasteiger partial charge in [0.1, 0.15) is 12.6 Å². The van der Waals surface area contributed by atoms with Crippen molar-refractivity contribution < 1.29 is 14.4 Å². The molecular formula is C26H27N3O3. The predicted octanol–water partition coefficient (Wildman–Crippen LogP) is 3.74. The minimum atomic E-state index is -0.612. The van der Waals surface area contributed by atoms with Gasteiger partial charge in [-0.05, 0) is 36.4 Å². The van der Waals surface area contributed by atoms with E-state index in [9.17, 15) is 14.4 Å². The molecule has 0 unspecified atom stereocenters. The van der Waals surface area contributed by atoms with E-state index >= 15 is 0 Å². The van der Waals surface area contributed by atoms with Crippen LogP contribution in [0.15, 0.2) is 66.7 Å². The highest BCUT2D eigenvalue weighted by Gasteiger charge is 2.34. The monoisotopic (exact) mass is 429 g/mol. The summed E-state index contributed by atoms with van der Waals surface area (Å²) in [7, 11) is 0. The lowest BCUT2D eigenvalue weighted by atomic mass is 10.1. The molecule has 0 aliphatic carbocycles. The maximum absolute atomic E-state index is 13.6. The fraction of sp³-hybridized carbons (Fsp3) is 0.269. The molecule has 0 fully saturated rings. The number of hydrogen-bond donors (Lipinski definition) is 1. The summed E-state index contributed by atoms with van der Waals surface area (Å²) in [5.74, 6) is -0.626. The molecule has 0 saturated carbocycles. The van der Waals surface area contributed by atoms with Gasteiger partial charge >= 0.3 is 0 Å². The zero-order valence-electron chi connectivity index (χ0n) is 18.4. The number of hydrogen-bond acceptors (Lipinski definition) is 3. The van der Waals surface area contributed by atoms with Crippen LogP contribution in [0.2, 0.25) is 0 Å². The average Bonchev–Trinajstić information content (AvgIpc) is 3.08. The maximum Gasteiger partial charge on any atom is 0.259 e. The van der Waals surface area contributed by atoms with Crippen LogP contribution in [-0.4, -0.2) is 41.8 Å². The number of likely N-dealkylation sites (N-methyl/N-ethyl adjacent to an activating group) is 1. The lowest BCUT2D eigenvalue weighted by Gasteiger charge is -2.32. The molecule has 6 nitrogen and oxygen atoms in total. The van der Waals surface area contributed by atoms with Crippen LogP contribution >= 0.6 is 0 Å². The Hall–Kier alpha value is -3.67. The van der Waals surface area contributed by atoms with Crippen LogP contribution in [0.3, 0.4) is 0 Å². The first-order valence-electron chi connectivity index (χ1n) is 11.0. The van der Waals surface area contributed by atoms with Gasteiger partial charge < -0.3 is 10.2 Å². The molecule has 1 atom stereocenters. The minimum Gasteiger partial charge on any atom is -0.355 e. The van der Waals surface area contributed by atoms with Crippen LogP contribution in [0.5, 0.6) is 0 Å². The lowest BCUT2D eigenvalue weighted by molar-refractivity contribution is -0.140. The first-order valence-corrected chi connectivity index (χ1v) is 11.0. The largest absolute Gasteiger partial charge is 0.355 e. The van der Waals surface area contributed by atoms with Crippen LogP contribution in [-0.2, 0) is 16.1 Å². The molecule has 1 aliphatic rings. The quantitative estimate of drug-likeness (QED) is 0.593. The zero-order valence-corrected chi connectivity index (χ0v) is 18.4. The molecule has 0 aromatic heterocycles. The third-order valence-corrected chi connectivity index (χ3v) is 5.88. The molecule has 1 heterocycles. The van der Waals surface area contributed by atoms with Gasteiger partial charge in [0.2, 0.25) is 11.8 Å². The average molecular weight is 430 g/mol. The number of carbonyl (C=O) groups is 3. The first-order chi connectivity index (χ1) is 15.5. The van der Waals surface area contributed by atoms with E-state index < -0.39 is 6.04 Å². The van der Waals surface area contributed by atoms with Gasteiger partial charge in [0.25, 0.3) is 5.91 Å². The van der Waals surface area contributed by atoms with Gasteiger partial charge in [-0.25, -0.2) is 0 Å². The molecule has 164 valence electrons. The standard InChI is InChI=1S/C26H27N3O3/c1-3-21(25(31)27-4-2)28(16-18-10-6-5-7-11-18)23(30)17-29-22-15-9-13-19-12-8-14-20(24(19)22)26(29)32/h5-15,21H,3-4,16-17H2,1-2H3,(H,27,31)/t21-/m0/s1. The first kappa shape index (κ1) is 21.6. The van der Waals surface area contributed by atoms with Crippen LogP contribution < -0.4 is 10.2 Å². The number of amides is 3. The van der Waals surface area contributed by atoms with E-state index in [1.165, 1.54) is 4.90 Å². The normalized spacial score (nSPS) is 13.3. The second kappa shape index (κ2) is 9.22. The van der Waals surface area contributed by atoms with Crippen LogP contribution in [0.1, 0.15) is 36.2 Å². The Kier molecular flexibility index (Phi) is 6.21. The third-order valence-electron chi connectivity index (χ3n) is 5.88. The van der Waals surface area contributed by atoms with Crippen LogP contribution in [0, 0.1) is 0 Å². The Labute approximate surface area is 187 Å². The Balaban J connectivity index is 1.65. The van der Waals surface area contributed by atoms with Crippen molar-refractivity contribution in [3.63, 3.8) is 0 Å². The zero-order chi connectivity index (χ0) is 22.7. The molecule has 0 bridgehead atoms. The molecule has 3 aromatic carbocycles. The van der Waals surface area contributed by atoms with E-state index in [1.54, 1.807) is 11.0 Å². The summed E-state index contributed by atoms with van der Waals surface area (Å²) in [6, 6.07) is 20.3. The number of nitrogens with zero attached hydrogens (tertiary/aromatic N) is 2. The van der Waals surface area contributed by atoms with Crippen molar-refractivity contribution in [2.24, 2.45) is 0 Å². The van der Waals surface area contributed by atoms with Crippen molar-refractivity contribution in [1.82, 2.24) is 10.2 Å². The van der Waals surface area contributed by atoms with Crippen LogP contribution in [0.25, 0.3) is 10.8 Å². The smallest absolute Gasteiger partial charge is 0.259 e. The Morgan fingerprint density at radius 1 is 0.969 bits per heavy atom. The number of rotatable bonds is 8. The summed E-state index contributed by atoms with van der Waals surface area (Å²) in [5.41, 5.74) is 2.28. The highest BCUT2D eigenvalue weighted by atomic mass is 16.2. The van der Waals surface area contributed by atoms with Gasteiger partial charge in [-0.2, -0.15) is 0 Å². The van der Waals surface area contributed by atoms with Gasteiger partial charge in [-0.1, -0.05) is 61.5 Å². The summed E-state index contributed by atoms with van der Waals surface area (Å²) in [6.45, 7) is 4.42.